The molecule has 0 spiro atoms. The van der Waals surface area contributed by atoms with E-state index in [1.165, 1.54) is 0 Å². The number of halogens is 1. The van der Waals surface area contributed by atoms with Crippen molar-refractivity contribution in [1.29, 1.82) is 0 Å². The van der Waals surface area contributed by atoms with Crippen LogP contribution in [0.15, 0.2) is 72.8 Å². The molecule has 0 radical (unpaired) electrons. The minimum absolute atomic E-state index is 0.187. The molecular weight excluding hydrogens is 441 g/mol. The standard InChI is InChI=1S/C28H28FNO3.C2H6/c1-19-25-12-9-23(31)15-26(25)33-28(27(19)21-5-3-2-4-6-21)22-7-10-24(11-8-22)32-14-13-30-17-20(16-29)18-30;1-2/h2-12,15,20,28,31H,13-14,16-18H2,1H3;1-2H3/t28-;/m1./s1. The van der Waals surface area contributed by atoms with Gasteiger partial charge in [0.25, 0.3) is 0 Å². The van der Waals surface area contributed by atoms with Gasteiger partial charge >= 0.3 is 0 Å². The summed E-state index contributed by atoms with van der Waals surface area (Å²) < 4.78 is 24.9. The SMILES string of the molecule is CC.CC1=C(c2ccccc2)[C@@H](c2ccc(OCCN3CC(CF)C3)cc2)Oc2cc(O)ccc21. The van der Waals surface area contributed by atoms with Crippen LogP contribution in [0.1, 0.15) is 43.6 Å². The highest BCUT2D eigenvalue weighted by Gasteiger charge is 2.29. The number of phenols is 1. The summed E-state index contributed by atoms with van der Waals surface area (Å²) in [6.07, 6.45) is -0.297. The number of alkyl halides is 1. The molecule has 1 saturated heterocycles. The molecule has 184 valence electrons. The van der Waals surface area contributed by atoms with E-state index in [0.717, 1.165) is 53.2 Å². The van der Waals surface area contributed by atoms with Crippen molar-refractivity contribution in [1.82, 2.24) is 4.90 Å². The molecule has 5 rings (SSSR count). The number of phenolic OH excluding ortho intramolecular Hbond substituents is 1. The van der Waals surface area contributed by atoms with E-state index in [4.69, 9.17) is 9.47 Å². The largest absolute Gasteiger partial charge is 0.508 e. The Balaban J connectivity index is 0.00000141. The van der Waals surface area contributed by atoms with Crippen LogP contribution < -0.4 is 9.47 Å². The zero-order chi connectivity index (χ0) is 24.8. The Labute approximate surface area is 207 Å². The minimum atomic E-state index is -0.297. The third-order valence-electron chi connectivity index (χ3n) is 6.48. The number of allylic oxidation sites excluding steroid dienone is 1. The van der Waals surface area contributed by atoms with Crippen molar-refractivity contribution in [2.24, 2.45) is 5.92 Å². The Morgan fingerprint density at radius 3 is 2.40 bits per heavy atom. The van der Waals surface area contributed by atoms with Crippen molar-refractivity contribution in [2.75, 3.05) is 32.9 Å². The fourth-order valence-electron chi connectivity index (χ4n) is 4.65. The van der Waals surface area contributed by atoms with Crippen molar-refractivity contribution in [2.45, 2.75) is 26.9 Å². The lowest BCUT2D eigenvalue weighted by molar-refractivity contribution is 0.0668. The smallest absolute Gasteiger partial charge is 0.150 e. The molecule has 3 aromatic rings. The molecule has 1 fully saturated rings. The summed E-state index contributed by atoms with van der Waals surface area (Å²) in [6, 6.07) is 23.5. The normalized spacial score (nSPS) is 17.5. The summed E-state index contributed by atoms with van der Waals surface area (Å²) in [5.74, 6) is 1.87. The second kappa shape index (κ2) is 11.4. The van der Waals surface area contributed by atoms with Crippen LogP contribution in [-0.4, -0.2) is 42.9 Å². The zero-order valence-corrected chi connectivity index (χ0v) is 20.7. The molecule has 0 saturated carbocycles. The van der Waals surface area contributed by atoms with Gasteiger partial charge in [-0.2, -0.15) is 0 Å². The van der Waals surface area contributed by atoms with Gasteiger partial charge < -0.3 is 14.6 Å². The van der Waals surface area contributed by atoms with Gasteiger partial charge in [0, 0.05) is 42.8 Å². The summed E-state index contributed by atoms with van der Waals surface area (Å²) in [6.45, 7) is 8.91. The van der Waals surface area contributed by atoms with Crippen LogP contribution in [0.5, 0.6) is 17.2 Å². The Morgan fingerprint density at radius 1 is 1.00 bits per heavy atom. The molecule has 1 atom stereocenters. The third kappa shape index (κ3) is 5.51. The zero-order valence-electron chi connectivity index (χ0n) is 20.7. The van der Waals surface area contributed by atoms with Gasteiger partial charge in [-0.05, 0) is 47.9 Å². The molecule has 1 N–H and O–H groups in total. The first kappa shape index (κ1) is 24.8. The van der Waals surface area contributed by atoms with Gasteiger partial charge in [-0.25, -0.2) is 0 Å². The molecule has 0 unspecified atom stereocenters. The summed E-state index contributed by atoms with van der Waals surface area (Å²) in [5.41, 5.74) is 5.36. The van der Waals surface area contributed by atoms with E-state index in [9.17, 15) is 9.50 Å². The molecular formula is C30H34FNO3. The van der Waals surface area contributed by atoms with Gasteiger partial charge in [0.05, 0.1) is 6.67 Å². The molecule has 0 aromatic heterocycles. The molecule has 35 heavy (non-hydrogen) atoms. The predicted octanol–water partition coefficient (Wildman–Crippen LogP) is 6.76. The van der Waals surface area contributed by atoms with Gasteiger partial charge in [-0.1, -0.05) is 56.3 Å². The maximum atomic E-state index is 12.6. The van der Waals surface area contributed by atoms with Crippen LogP contribution >= 0.6 is 0 Å². The summed E-state index contributed by atoms with van der Waals surface area (Å²) in [7, 11) is 0. The summed E-state index contributed by atoms with van der Waals surface area (Å²) in [5, 5.41) is 9.99. The molecule has 0 aliphatic carbocycles. The maximum Gasteiger partial charge on any atom is 0.150 e. The number of nitrogens with zero attached hydrogens (tertiary/aromatic N) is 1. The lowest BCUT2D eigenvalue weighted by Crippen LogP contribution is -2.49. The van der Waals surface area contributed by atoms with Crippen LogP contribution in [0.2, 0.25) is 0 Å². The molecule has 4 nitrogen and oxygen atoms in total. The van der Waals surface area contributed by atoms with Crippen LogP contribution in [0, 0.1) is 5.92 Å². The maximum absolute atomic E-state index is 12.6. The fourth-order valence-corrected chi connectivity index (χ4v) is 4.65. The molecule has 2 aliphatic rings. The second-order valence-corrected chi connectivity index (χ2v) is 8.78. The Hall–Kier alpha value is -3.31. The molecule has 2 aliphatic heterocycles. The number of hydrogen-bond acceptors (Lipinski definition) is 4. The van der Waals surface area contributed by atoms with Crippen LogP contribution in [0.25, 0.3) is 11.1 Å². The molecule has 2 heterocycles. The molecule has 0 bridgehead atoms. The van der Waals surface area contributed by atoms with E-state index in [2.05, 4.69) is 24.0 Å². The summed E-state index contributed by atoms with van der Waals surface area (Å²) >= 11 is 0. The van der Waals surface area contributed by atoms with Gasteiger partial charge in [0.2, 0.25) is 0 Å². The van der Waals surface area contributed by atoms with Crippen molar-refractivity contribution in [3.05, 3.63) is 89.5 Å². The number of rotatable bonds is 7. The number of ether oxygens (including phenoxy) is 2. The van der Waals surface area contributed by atoms with Crippen molar-refractivity contribution < 1.29 is 19.0 Å². The second-order valence-electron chi connectivity index (χ2n) is 8.78. The predicted molar refractivity (Wildman–Crippen MR) is 140 cm³/mol. The first-order valence-electron chi connectivity index (χ1n) is 12.4. The van der Waals surface area contributed by atoms with E-state index in [1.54, 1.807) is 12.1 Å². The highest BCUT2D eigenvalue weighted by atomic mass is 19.1. The van der Waals surface area contributed by atoms with E-state index in [1.807, 2.05) is 62.4 Å². The monoisotopic (exact) mass is 475 g/mol. The molecule has 5 heteroatoms. The lowest BCUT2D eigenvalue weighted by atomic mass is 9.86. The third-order valence-corrected chi connectivity index (χ3v) is 6.48. The number of aromatic hydroxyl groups is 1. The van der Waals surface area contributed by atoms with E-state index in [0.29, 0.717) is 12.4 Å². The molecule has 0 amide bonds. The molecule has 3 aromatic carbocycles. The minimum Gasteiger partial charge on any atom is -0.508 e. The van der Waals surface area contributed by atoms with E-state index in [-0.39, 0.29) is 24.4 Å². The Kier molecular flexibility index (Phi) is 8.09. The van der Waals surface area contributed by atoms with E-state index >= 15 is 0 Å². The van der Waals surface area contributed by atoms with Gasteiger partial charge in [0.15, 0.2) is 0 Å². The van der Waals surface area contributed by atoms with Crippen molar-refractivity contribution in [3.8, 4) is 17.2 Å². The topological polar surface area (TPSA) is 41.9 Å². The van der Waals surface area contributed by atoms with Crippen LogP contribution in [-0.2, 0) is 0 Å². The van der Waals surface area contributed by atoms with Crippen molar-refractivity contribution in [3.63, 3.8) is 0 Å². The van der Waals surface area contributed by atoms with E-state index < -0.39 is 0 Å². The van der Waals surface area contributed by atoms with Gasteiger partial charge in [-0.3, -0.25) is 9.29 Å². The number of likely N-dealkylation sites (tertiary alicyclic amines) is 1. The van der Waals surface area contributed by atoms with Crippen molar-refractivity contribution >= 4 is 11.1 Å². The van der Waals surface area contributed by atoms with Gasteiger partial charge in [0.1, 0.15) is 30.0 Å². The summed E-state index contributed by atoms with van der Waals surface area (Å²) in [4.78, 5) is 2.21. The first-order valence-corrected chi connectivity index (χ1v) is 12.4. The highest BCUT2D eigenvalue weighted by Crippen LogP contribution is 2.47. The lowest BCUT2D eigenvalue weighted by Gasteiger charge is -2.37. The number of fused-ring (bicyclic) bond motifs is 1. The van der Waals surface area contributed by atoms with Crippen LogP contribution in [0.4, 0.5) is 4.39 Å². The number of benzene rings is 3. The average Bonchev–Trinajstić information content (AvgIpc) is 2.87. The Morgan fingerprint density at radius 2 is 1.71 bits per heavy atom. The Bertz CT molecular complexity index is 1140. The quantitative estimate of drug-likeness (QED) is 0.410. The number of hydrogen-bond donors (Lipinski definition) is 1. The average molecular weight is 476 g/mol. The first-order chi connectivity index (χ1) is 17.1. The van der Waals surface area contributed by atoms with Crippen LogP contribution in [0.3, 0.4) is 0 Å². The highest BCUT2D eigenvalue weighted by molar-refractivity contribution is 5.95. The van der Waals surface area contributed by atoms with Gasteiger partial charge in [-0.15, -0.1) is 0 Å². The fraction of sp³-hybridized carbons (Fsp3) is 0.333.